The first kappa shape index (κ1) is 29.6. The van der Waals surface area contributed by atoms with Gasteiger partial charge >= 0.3 is 30.6 Å². The molecule has 2 aliphatic rings. The van der Waals surface area contributed by atoms with E-state index in [-0.39, 0.29) is 50.5 Å². The normalized spacial score (nSPS) is 20.1. The number of nitrogens with zero attached hydrogens (tertiary/aromatic N) is 3. The van der Waals surface area contributed by atoms with Gasteiger partial charge in [-0.05, 0) is 36.6 Å². The Bertz CT molecular complexity index is 991. The van der Waals surface area contributed by atoms with E-state index in [0.29, 0.717) is 24.3 Å². The fourth-order valence-corrected chi connectivity index (χ4v) is 4.37. The van der Waals surface area contributed by atoms with E-state index in [9.17, 15) is 54.2 Å². The highest BCUT2D eigenvalue weighted by Gasteiger charge is 2.60. The number of halogens is 9. The third kappa shape index (κ3) is 7.57. The van der Waals surface area contributed by atoms with Crippen LogP contribution in [-0.4, -0.2) is 84.7 Å². The highest BCUT2D eigenvalue weighted by molar-refractivity contribution is 5.71. The topological polar surface area (TPSA) is 73.3 Å². The quantitative estimate of drug-likeness (QED) is 0.520. The molecule has 1 amide bonds. The summed E-state index contributed by atoms with van der Waals surface area (Å²) in [7, 11) is 0. The van der Waals surface area contributed by atoms with E-state index in [1.54, 1.807) is 9.80 Å². The minimum atomic E-state index is -5.85. The van der Waals surface area contributed by atoms with Gasteiger partial charge in [0.15, 0.2) is 0 Å². The Labute approximate surface area is 210 Å². The van der Waals surface area contributed by atoms with Gasteiger partial charge in [0.2, 0.25) is 0 Å². The zero-order valence-electron chi connectivity index (χ0n) is 19.7. The van der Waals surface area contributed by atoms with Crippen molar-refractivity contribution >= 4 is 17.7 Å². The molecular weight excluding hydrogens is 541 g/mol. The summed E-state index contributed by atoms with van der Waals surface area (Å²) in [6, 6.07) is 3.33. The lowest BCUT2D eigenvalue weighted by atomic mass is 9.97. The number of ether oxygens (including phenoxy) is 1. The number of carbonyl (C=O) groups excluding carboxylic acids is 1. The molecule has 0 spiro atoms. The molecule has 1 N–H and O–H groups in total. The van der Waals surface area contributed by atoms with Crippen LogP contribution in [0.2, 0.25) is 0 Å². The van der Waals surface area contributed by atoms with Crippen molar-refractivity contribution in [1.82, 2.24) is 9.80 Å². The zero-order chi connectivity index (χ0) is 28.5. The van der Waals surface area contributed by atoms with Crippen molar-refractivity contribution in [2.75, 3.05) is 44.2 Å². The fourth-order valence-electron chi connectivity index (χ4n) is 4.37. The monoisotopic (exact) mass is 565 g/mol. The zero-order valence-corrected chi connectivity index (χ0v) is 19.7. The van der Waals surface area contributed by atoms with E-state index in [1.807, 2.05) is 0 Å². The average Bonchev–Trinajstić information content (AvgIpc) is 2.80. The Morgan fingerprint density at radius 1 is 0.921 bits per heavy atom. The molecule has 0 unspecified atom stereocenters. The van der Waals surface area contributed by atoms with E-state index in [2.05, 4.69) is 4.74 Å². The van der Waals surface area contributed by atoms with Crippen LogP contribution in [0.5, 0.6) is 0 Å². The number of hydrogen-bond donors (Lipinski definition) is 1. The van der Waals surface area contributed by atoms with Crippen LogP contribution in [0, 0.1) is 5.92 Å². The number of anilines is 1. The maximum absolute atomic E-state index is 13.6. The molecule has 16 heteroatoms. The molecule has 0 radical (unpaired) electrons. The lowest BCUT2D eigenvalue weighted by molar-refractivity contribution is -0.308. The van der Waals surface area contributed by atoms with Crippen molar-refractivity contribution in [2.45, 2.75) is 44.0 Å². The maximum Gasteiger partial charge on any atom is 0.434 e. The second kappa shape index (κ2) is 11.1. The second-order valence-corrected chi connectivity index (χ2v) is 9.12. The summed E-state index contributed by atoms with van der Waals surface area (Å²) < 4.78 is 120. The Morgan fingerprint density at radius 2 is 1.53 bits per heavy atom. The molecule has 2 heterocycles. The summed E-state index contributed by atoms with van der Waals surface area (Å²) in [5.74, 6) is -1.78. The summed E-state index contributed by atoms with van der Waals surface area (Å²) >= 11 is 0. The minimum Gasteiger partial charge on any atom is -0.481 e. The van der Waals surface area contributed by atoms with Gasteiger partial charge in [-0.25, -0.2) is 4.79 Å². The minimum absolute atomic E-state index is 0.0354. The largest absolute Gasteiger partial charge is 0.481 e. The standard InChI is InChI=1S/C22H24F9N3O4/c23-20(24,25)15-8-13(9-16(10-15)34-3-1-2-14(12-34)17(35)36)11-32-4-6-33(7-5-32)19(37)38-18(21(26,27)28)22(29,30)31/h8-10,14,18H,1-7,11-12H2,(H,35,36)/t14-/m0/s1. The molecule has 2 saturated heterocycles. The van der Waals surface area contributed by atoms with Crippen LogP contribution < -0.4 is 4.90 Å². The van der Waals surface area contributed by atoms with Crippen molar-refractivity contribution in [3.63, 3.8) is 0 Å². The third-order valence-corrected chi connectivity index (χ3v) is 6.29. The van der Waals surface area contributed by atoms with Gasteiger partial charge in [-0.1, -0.05) is 0 Å². The number of rotatable bonds is 5. The molecule has 1 aromatic rings. The molecule has 0 bridgehead atoms. The van der Waals surface area contributed by atoms with E-state index in [4.69, 9.17) is 0 Å². The number of aliphatic carboxylic acids is 1. The predicted molar refractivity (Wildman–Crippen MR) is 113 cm³/mol. The van der Waals surface area contributed by atoms with Crippen LogP contribution in [0.4, 0.5) is 50.0 Å². The number of benzene rings is 1. The molecule has 38 heavy (non-hydrogen) atoms. The van der Waals surface area contributed by atoms with Crippen LogP contribution >= 0.6 is 0 Å². The number of carboxylic acids is 1. The first-order valence-corrected chi connectivity index (χ1v) is 11.5. The summed E-state index contributed by atoms with van der Waals surface area (Å²) in [6.45, 7) is -0.360. The highest BCUT2D eigenvalue weighted by Crippen LogP contribution is 2.37. The summed E-state index contributed by atoms with van der Waals surface area (Å²) in [5, 5.41) is 9.28. The SMILES string of the molecule is O=C(O)[C@H]1CCCN(c2cc(CN3CCN(C(=O)OC(C(F)(F)F)C(F)(F)F)CC3)cc(C(F)(F)F)c2)C1. The van der Waals surface area contributed by atoms with Crippen LogP contribution in [0.15, 0.2) is 18.2 Å². The van der Waals surface area contributed by atoms with Gasteiger partial charge in [0.25, 0.3) is 6.10 Å². The van der Waals surface area contributed by atoms with Crippen molar-refractivity contribution in [3.8, 4) is 0 Å². The Hall–Kier alpha value is -2.91. The van der Waals surface area contributed by atoms with Gasteiger partial charge < -0.3 is 19.6 Å². The van der Waals surface area contributed by atoms with Crippen LogP contribution in [0.25, 0.3) is 0 Å². The number of carboxylic acid groups (broad SMARTS) is 1. The molecule has 3 rings (SSSR count). The Kier molecular flexibility index (Phi) is 8.63. The molecule has 1 atom stereocenters. The molecule has 2 aliphatic heterocycles. The maximum atomic E-state index is 13.6. The number of hydrogen-bond acceptors (Lipinski definition) is 5. The van der Waals surface area contributed by atoms with E-state index < -0.39 is 48.2 Å². The third-order valence-electron chi connectivity index (χ3n) is 6.29. The summed E-state index contributed by atoms with van der Waals surface area (Å²) in [4.78, 5) is 27.1. The number of piperidine rings is 1. The number of carbonyl (C=O) groups is 2. The number of alkyl halides is 9. The molecule has 2 fully saturated rings. The average molecular weight is 565 g/mol. The van der Waals surface area contributed by atoms with Gasteiger partial charge in [0, 0.05) is 51.5 Å². The van der Waals surface area contributed by atoms with Gasteiger partial charge in [0.05, 0.1) is 11.5 Å². The van der Waals surface area contributed by atoms with E-state index in [0.717, 1.165) is 12.1 Å². The van der Waals surface area contributed by atoms with Crippen molar-refractivity contribution in [2.24, 2.45) is 5.92 Å². The van der Waals surface area contributed by atoms with Gasteiger partial charge in [-0.3, -0.25) is 9.69 Å². The summed E-state index contributed by atoms with van der Waals surface area (Å²) in [6.07, 6.45) is -21.6. The molecule has 0 aliphatic carbocycles. The number of piperazine rings is 1. The number of amides is 1. The van der Waals surface area contributed by atoms with Crippen LogP contribution in [0.1, 0.15) is 24.0 Å². The van der Waals surface area contributed by atoms with Crippen LogP contribution in [-0.2, 0) is 22.3 Å². The van der Waals surface area contributed by atoms with Crippen LogP contribution in [0.3, 0.4) is 0 Å². The van der Waals surface area contributed by atoms with Gasteiger partial charge in [0.1, 0.15) is 0 Å². The smallest absolute Gasteiger partial charge is 0.434 e. The molecule has 214 valence electrons. The molecule has 0 saturated carbocycles. The predicted octanol–water partition coefficient (Wildman–Crippen LogP) is 4.75. The summed E-state index contributed by atoms with van der Waals surface area (Å²) in [5.41, 5.74) is -0.541. The highest BCUT2D eigenvalue weighted by atomic mass is 19.4. The first-order chi connectivity index (χ1) is 17.4. The molecular formula is C22H24F9N3O4. The fraction of sp³-hybridized carbons (Fsp3) is 0.636. The first-order valence-electron chi connectivity index (χ1n) is 11.5. The Morgan fingerprint density at radius 3 is 2.05 bits per heavy atom. The Balaban J connectivity index is 1.68. The molecule has 1 aromatic carbocycles. The van der Waals surface area contributed by atoms with E-state index >= 15 is 0 Å². The van der Waals surface area contributed by atoms with Crippen molar-refractivity contribution < 1.29 is 58.9 Å². The molecule has 7 nitrogen and oxygen atoms in total. The molecule has 0 aromatic heterocycles. The second-order valence-electron chi connectivity index (χ2n) is 9.12. The lowest BCUT2D eigenvalue weighted by Crippen LogP contribution is -2.52. The van der Waals surface area contributed by atoms with Crippen molar-refractivity contribution in [3.05, 3.63) is 29.3 Å². The van der Waals surface area contributed by atoms with Gasteiger partial charge in [-0.2, -0.15) is 39.5 Å². The van der Waals surface area contributed by atoms with Gasteiger partial charge in [-0.15, -0.1) is 0 Å². The van der Waals surface area contributed by atoms with E-state index in [1.165, 1.54) is 6.07 Å². The van der Waals surface area contributed by atoms with Crippen molar-refractivity contribution in [1.29, 1.82) is 0 Å². The lowest BCUT2D eigenvalue weighted by Gasteiger charge is -2.36.